The summed E-state index contributed by atoms with van der Waals surface area (Å²) in [5, 5.41) is 9.87. The molecular weight excluding hydrogens is 218 g/mol. The first-order valence-corrected chi connectivity index (χ1v) is 6.53. The highest BCUT2D eigenvalue weighted by Gasteiger charge is 2.52. The van der Waals surface area contributed by atoms with Gasteiger partial charge in [0.05, 0.1) is 6.10 Å². The van der Waals surface area contributed by atoms with E-state index < -0.39 is 5.60 Å². The largest absolute Gasteiger partial charge is 0.444 e. The summed E-state index contributed by atoms with van der Waals surface area (Å²) in [5.74, 6) is 0.248. The van der Waals surface area contributed by atoms with E-state index in [1.807, 2.05) is 25.7 Å². The monoisotopic (exact) mass is 241 g/mol. The van der Waals surface area contributed by atoms with Gasteiger partial charge >= 0.3 is 6.09 Å². The number of amides is 1. The average Bonchev–Trinajstić information content (AvgIpc) is 2.69. The number of carbonyl (C=O) groups excluding carboxylic acids is 1. The highest BCUT2D eigenvalue weighted by atomic mass is 16.6. The van der Waals surface area contributed by atoms with Crippen molar-refractivity contribution < 1.29 is 14.6 Å². The number of aliphatic hydroxyl groups excluding tert-OH is 1. The molecule has 0 radical (unpaired) electrons. The van der Waals surface area contributed by atoms with Gasteiger partial charge in [0, 0.05) is 18.0 Å². The van der Waals surface area contributed by atoms with Crippen molar-refractivity contribution in [3.8, 4) is 0 Å². The number of carbonyl (C=O) groups is 1. The highest BCUT2D eigenvalue weighted by molar-refractivity contribution is 5.70. The first kappa shape index (κ1) is 12.7. The fraction of sp³-hybridized carbons (Fsp3) is 0.923. The molecule has 4 unspecified atom stereocenters. The van der Waals surface area contributed by atoms with Gasteiger partial charge in [0.1, 0.15) is 5.60 Å². The molecule has 2 fully saturated rings. The summed E-state index contributed by atoms with van der Waals surface area (Å²) >= 11 is 0. The number of piperidine rings is 1. The Hall–Kier alpha value is -0.770. The van der Waals surface area contributed by atoms with E-state index in [0.29, 0.717) is 6.42 Å². The van der Waals surface area contributed by atoms with Crippen molar-refractivity contribution in [2.75, 3.05) is 0 Å². The molecular formula is C13H23NO3. The molecule has 2 bridgehead atoms. The van der Waals surface area contributed by atoms with Crippen molar-refractivity contribution in [2.24, 2.45) is 5.92 Å². The molecule has 0 aromatic heterocycles. The summed E-state index contributed by atoms with van der Waals surface area (Å²) in [7, 11) is 0. The van der Waals surface area contributed by atoms with Gasteiger partial charge in [-0.1, -0.05) is 6.92 Å². The molecule has 1 saturated heterocycles. The van der Waals surface area contributed by atoms with E-state index in [9.17, 15) is 9.90 Å². The maximum Gasteiger partial charge on any atom is 0.410 e. The average molecular weight is 241 g/mol. The summed E-state index contributed by atoms with van der Waals surface area (Å²) in [6.45, 7) is 7.72. The molecule has 4 nitrogen and oxygen atoms in total. The van der Waals surface area contributed by atoms with Gasteiger partial charge in [0.15, 0.2) is 0 Å². The van der Waals surface area contributed by atoms with Gasteiger partial charge in [-0.05, 0) is 40.0 Å². The maximum atomic E-state index is 12.1. The Bertz CT molecular complexity index is 310. The molecule has 1 aliphatic heterocycles. The number of aliphatic hydroxyl groups is 1. The molecule has 1 heterocycles. The number of fused-ring (bicyclic) bond motifs is 2. The van der Waals surface area contributed by atoms with Gasteiger partial charge < -0.3 is 14.7 Å². The molecule has 1 aliphatic carbocycles. The molecule has 0 aromatic rings. The van der Waals surface area contributed by atoms with Gasteiger partial charge in [-0.15, -0.1) is 0 Å². The highest BCUT2D eigenvalue weighted by Crippen LogP contribution is 2.44. The van der Waals surface area contributed by atoms with Crippen molar-refractivity contribution in [3.63, 3.8) is 0 Å². The number of nitrogens with zero attached hydrogens (tertiary/aromatic N) is 1. The molecule has 2 aliphatic rings. The topological polar surface area (TPSA) is 49.8 Å². The first-order chi connectivity index (χ1) is 7.83. The second kappa shape index (κ2) is 4.16. The zero-order valence-corrected chi connectivity index (χ0v) is 11.1. The van der Waals surface area contributed by atoms with Crippen molar-refractivity contribution in [1.29, 1.82) is 0 Å². The minimum atomic E-state index is -0.449. The lowest BCUT2D eigenvalue weighted by Gasteiger charge is -2.37. The van der Waals surface area contributed by atoms with Crippen LogP contribution in [0.5, 0.6) is 0 Å². The van der Waals surface area contributed by atoms with Crippen molar-refractivity contribution >= 4 is 6.09 Å². The molecule has 2 rings (SSSR count). The van der Waals surface area contributed by atoms with Crippen molar-refractivity contribution in [1.82, 2.24) is 4.90 Å². The zero-order valence-electron chi connectivity index (χ0n) is 11.1. The summed E-state index contributed by atoms with van der Waals surface area (Å²) in [6, 6.07) is 0.327. The summed E-state index contributed by atoms with van der Waals surface area (Å²) < 4.78 is 5.45. The predicted octanol–water partition coefficient (Wildman–Crippen LogP) is 2.16. The lowest BCUT2D eigenvalue weighted by molar-refractivity contribution is -0.0116. The van der Waals surface area contributed by atoms with Crippen LogP contribution in [0.1, 0.15) is 47.0 Å². The van der Waals surface area contributed by atoms with Crippen molar-refractivity contribution in [3.05, 3.63) is 0 Å². The molecule has 17 heavy (non-hydrogen) atoms. The van der Waals surface area contributed by atoms with Crippen LogP contribution in [0.15, 0.2) is 0 Å². The van der Waals surface area contributed by atoms with Crippen LogP contribution < -0.4 is 0 Å². The van der Waals surface area contributed by atoms with E-state index in [1.165, 1.54) is 0 Å². The lowest BCUT2D eigenvalue weighted by atomic mass is 9.94. The van der Waals surface area contributed by atoms with Crippen LogP contribution in [0.4, 0.5) is 4.79 Å². The fourth-order valence-corrected chi connectivity index (χ4v) is 3.24. The van der Waals surface area contributed by atoms with Gasteiger partial charge in [0.25, 0.3) is 0 Å². The third kappa shape index (κ3) is 2.28. The van der Waals surface area contributed by atoms with Gasteiger partial charge in [-0.2, -0.15) is 0 Å². The predicted molar refractivity (Wildman–Crippen MR) is 64.7 cm³/mol. The standard InChI is InChI=1S/C13H23NO3/c1-5-10-9-6-8(7-11(9)15)14(10)12(16)17-13(2,3)4/h8-11,15H,5-7H2,1-4H3. The number of hydrogen-bond acceptors (Lipinski definition) is 3. The first-order valence-electron chi connectivity index (χ1n) is 6.53. The van der Waals surface area contributed by atoms with Crippen LogP contribution in [0, 0.1) is 5.92 Å². The Labute approximate surface area is 103 Å². The van der Waals surface area contributed by atoms with Gasteiger partial charge in [0.2, 0.25) is 0 Å². The normalized spacial score (nSPS) is 36.4. The van der Waals surface area contributed by atoms with Gasteiger partial charge in [-0.3, -0.25) is 0 Å². The molecule has 0 spiro atoms. The SMILES string of the molecule is CCC1C2CC(CC2O)N1C(=O)OC(C)(C)C. The minimum absolute atomic E-state index is 0.151. The number of hydrogen-bond donors (Lipinski definition) is 1. The molecule has 1 N–H and O–H groups in total. The molecule has 4 heteroatoms. The van der Waals surface area contributed by atoms with E-state index in [4.69, 9.17) is 4.74 Å². The molecule has 4 atom stereocenters. The number of rotatable bonds is 1. The molecule has 1 saturated carbocycles. The smallest absolute Gasteiger partial charge is 0.410 e. The quantitative estimate of drug-likeness (QED) is 0.765. The van der Waals surface area contributed by atoms with Crippen LogP contribution in [-0.4, -0.2) is 39.9 Å². The Morgan fingerprint density at radius 1 is 1.41 bits per heavy atom. The third-order valence-corrected chi connectivity index (χ3v) is 3.82. The summed E-state index contributed by atoms with van der Waals surface area (Å²) in [6.07, 6.45) is 2.07. The Kier molecular flexibility index (Phi) is 3.10. The zero-order chi connectivity index (χ0) is 12.8. The minimum Gasteiger partial charge on any atom is -0.444 e. The Balaban J connectivity index is 2.09. The second-order valence-electron chi connectivity index (χ2n) is 6.22. The van der Waals surface area contributed by atoms with Crippen LogP contribution in [-0.2, 0) is 4.74 Å². The lowest BCUT2D eigenvalue weighted by Crippen LogP contribution is -2.50. The van der Waals surface area contributed by atoms with Crippen LogP contribution in [0.25, 0.3) is 0 Å². The number of likely N-dealkylation sites (tertiary alicyclic amines) is 1. The molecule has 1 amide bonds. The van der Waals surface area contributed by atoms with E-state index in [-0.39, 0.29) is 30.2 Å². The second-order valence-corrected chi connectivity index (χ2v) is 6.22. The maximum absolute atomic E-state index is 12.1. The Morgan fingerprint density at radius 3 is 2.59 bits per heavy atom. The van der Waals surface area contributed by atoms with Crippen LogP contribution >= 0.6 is 0 Å². The van der Waals surface area contributed by atoms with E-state index in [0.717, 1.165) is 12.8 Å². The van der Waals surface area contributed by atoms with Crippen LogP contribution in [0.2, 0.25) is 0 Å². The number of ether oxygens (including phenoxy) is 1. The van der Waals surface area contributed by atoms with E-state index >= 15 is 0 Å². The van der Waals surface area contributed by atoms with Crippen LogP contribution in [0.3, 0.4) is 0 Å². The fourth-order valence-electron chi connectivity index (χ4n) is 3.24. The van der Waals surface area contributed by atoms with E-state index in [1.54, 1.807) is 0 Å². The third-order valence-electron chi connectivity index (χ3n) is 3.82. The molecule has 0 aromatic carbocycles. The Morgan fingerprint density at radius 2 is 2.06 bits per heavy atom. The summed E-state index contributed by atoms with van der Waals surface area (Å²) in [5.41, 5.74) is -0.449. The van der Waals surface area contributed by atoms with Gasteiger partial charge in [-0.25, -0.2) is 4.79 Å². The van der Waals surface area contributed by atoms with E-state index in [2.05, 4.69) is 6.92 Å². The molecule has 98 valence electrons. The van der Waals surface area contributed by atoms with Crippen molar-refractivity contribution in [2.45, 2.75) is 70.7 Å². The summed E-state index contributed by atoms with van der Waals surface area (Å²) in [4.78, 5) is 14.0.